The molecular formula is C18H17N3O. The lowest BCUT2D eigenvalue weighted by Crippen LogP contribution is -2.07. The second kappa shape index (κ2) is 5.85. The molecule has 0 saturated heterocycles. The highest BCUT2D eigenvalue weighted by molar-refractivity contribution is 5.95. The number of pyridine rings is 1. The van der Waals surface area contributed by atoms with Crippen molar-refractivity contribution < 1.29 is 4.79 Å². The number of anilines is 2. The number of nitrogens with one attached hydrogen (secondary N) is 1. The van der Waals surface area contributed by atoms with Gasteiger partial charge in [0.2, 0.25) is 5.91 Å². The maximum atomic E-state index is 11.1. The fourth-order valence-corrected chi connectivity index (χ4v) is 2.59. The van der Waals surface area contributed by atoms with Gasteiger partial charge in [0.05, 0.1) is 0 Å². The Morgan fingerprint density at radius 1 is 1.14 bits per heavy atom. The zero-order valence-corrected chi connectivity index (χ0v) is 12.3. The fraction of sp³-hybridized carbons (Fsp3) is 0.111. The van der Waals surface area contributed by atoms with Crippen molar-refractivity contribution in [3.05, 3.63) is 65.9 Å². The minimum Gasteiger partial charge on any atom is -0.398 e. The van der Waals surface area contributed by atoms with Crippen LogP contribution in [-0.2, 0) is 11.2 Å². The number of fused-ring (bicyclic) bond motifs is 1. The first-order valence-corrected chi connectivity index (χ1v) is 7.12. The van der Waals surface area contributed by atoms with Crippen molar-refractivity contribution in [3.63, 3.8) is 0 Å². The monoisotopic (exact) mass is 291 g/mol. The van der Waals surface area contributed by atoms with E-state index in [4.69, 9.17) is 5.73 Å². The lowest BCUT2D eigenvalue weighted by molar-refractivity contribution is -0.114. The number of benzene rings is 2. The van der Waals surface area contributed by atoms with Crippen LogP contribution < -0.4 is 11.1 Å². The molecule has 3 N–H and O–H groups in total. The van der Waals surface area contributed by atoms with E-state index >= 15 is 0 Å². The molecule has 0 unspecified atom stereocenters. The van der Waals surface area contributed by atoms with E-state index in [1.807, 2.05) is 36.4 Å². The van der Waals surface area contributed by atoms with Gasteiger partial charge in [-0.1, -0.05) is 30.3 Å². The SMILES string of the molecule is CC(=O)Nc1cc(Cc2ccc(N)c3ccccc23)ccn1. The molecule has 1 heterocycles. The third kappa shape index (κ3) is 2.91. The topological polar surface area (TPSA) is 68.0 Å². The van der Waals surface area contributed by atoms with Gasteiger partial charge in [0.15, 0.2) is 0 Å². The molecule has 0 aliphatic carbocycles. The van der Waals surface area contributed by atoms with Crippen molar-refractivity contribution in [1.29, 1.82) is 0 Å². The molecule has 4 nitrogen and oxygen atoms in total. The van der Waals surface area contributed by atoms with Gasteiger partial charge in [-0.05, 0) is 41.1 Å². The van der Waals surface area contributed by atoms with Crippen LogP contribution >= 0.6 is 0 Å². The summed E-state index contributed by atoms with van der Waals surface area (Å²) in [5.74, 6) is 0.451. The maximum absolute atomic E-state index is 11.1. The third-order valence-corrected chi connectivity index (χ3v) is 3.57. The number of amides is 1. The van der Waals surface area contributed by atoms with Crippen LogP contribution in [0.3, 0.4) is 0 Å². The molecule has 0 bridgehead atoms. The molecule has 0 fully saturated rings. The van der Waals surface area contributed by atoms with Crippen LogP contribution in [0, 0.1) is 0 Å². The van der Waals surface area contributed by atoms with Crippen LogP contribution in [-0.4, -0.2) is 10.9 Å². The van der Waals surface area contributed by atoms with Crippen LogP contribution in [0.2, 0.25) is 0 Å². The number of nitrogens with two attached hydrogens (primary N) is 1. The van der Waals surface area contributed by atoms with Gasteiger partial charge in [0.1, 0.15) is 5.82 Å². The smallest absolute Gasteiger partial charge is 0.222 e. The Hall–Kier alpha value is -2.88. The standard InChI is InChI=1S/C18H17N3O/c1-12(22)21-18-11-13(8-9-20-18)10-14-6-7-17(19)16-5-3-2-4-15(14)16/h2-9,11H,10,19H2,1H3,(H,20,21,22). The molecule has 1 aromatic heterocycles. The summed E-state index contributed by atoms with van der Waals surface area (Å²) >= 11 is 0. The van der Waals surface area contributed by atoms with Crippen LogP contribution in [0.25, 0.3) is 10.8 Å². The Morgan fingerprint density at radius 2 is 1.91 bits per heavy atom. The molecule has 0 radical (unpaired) electrons. The highest BCUT2D eigenvalue weighted by atomic mass is 16.1. The molecule has 0 saturated carbocycles. The van der Waals surface area contributed by atoms with Gasteiger partial charge in [-0.2, -0.15) is 0 Å². The Kier molecular flexibility index (Phi) is 3.74. The molecule has 3 rings (SSSR count). The lowest BCUT2D eigenvalue weighted by atomic mass is 9.98. The Balaban J connectivity index is 1.97. The first kappa shape index (κ1) is 14.1. The fourth-order valence-electron chi connectivity index (χ4n) is 2.59. The Bertz CT molecular complexity index is 843. The van der Waals surface area contributed by atoms with Gasteiger partial charge in [-0.15, -0.1) is 0 Å². The van der Waals surface area contributed by atoms with E-state index in [-0.39, 0.29) is 5.91 Å². The summed E-state index contributed by atoms with van der Waals surface area (Å²) in [6.07, 6.45) is 2.47. The maximum Gasteiger partial charge on any atom is 0.222 e. The molecule has 0 aliphatic heterocycles. The predicted octanol–water partition coefficient (Wildman–Crippen LogP) is 3.37. The van der Waals surface area contributed by atoms with Gasteiger partial charge >= 0.3 is 0 Å². The zero-order valence-electron chi connectivity index (χ0n) is 12.3. The summed E-state index contributed by atoms with van der Waals surface area (Å²) in [5.41, 5.74) is 9.12. The van der Waals surface area contributed by atoms with E-state index in [1.54, 1.807) is 6.20 Å². The van der Waals surface area contributed by atoms with E-state index in [0.717, 1.165) is 28.4 Å². The zero-order chi connectivity index (χ0) is 15.5. The van der Waals surface area contributed by atoms with E-state index in [0.29, 0.717) is 5.82 Å². The van der Waals surface area contributed by atoms with Crippen LogP contribution in [0.4, 0.5) is 11.5 Å². The van der Waals surface area contributed by atoms with Crippen molar-refractivity contribution in [2.75, 3.05) is 11.1 Å². The number of hydrogen-bond donors (Lipinski definition) is 2. The summed E-state index contributed by atoms with van der Waals surface area (Å²) < 4.78 is 0. The predicted molar refractivity (Wildman–Crippen MR) is 89.7 cm³/mol. The second-order valence-electron chi connectivity index (χ2n) is 5.27. The highest BCUT2D eigenvalue weighted by Crippen LogP contribution is 2.26. The van der Waals surface area contributed by atoms with Crippen molar-refractivity contribution in [3.8, 4) is 0 Å². The van der Waals surface area contributed by atoms with E-state index in [9.17, 15) is 4.79 Å². The van der Waals surface area contributed by atoms with Gasteiger partial charge in [0, 0.05) is 24.2 Å². The molecule has 3 aromatic rings. The number of hydrogen-bond acceptors (Lipinski definition) is 3. The average molecular weight is 291 g/mol. The normalized spacial score (nSPS) is 10.6. The first-order chi connectivity index (χ1) is 10.6. The molecule has 1 amide bonds. The Morgan fingerprint density at radius 3 is 2.68 bits per heavy atom. The minimum absolute atomic E-state index is 0.123. The molecule has 0 aliphatic rings. The van der Waals surface area contributed by atoms with Gasteiger partial charge in [-0.25, -0.2) is 4.98 Å². The largest absolute Gasteiger partial charge is 0.398 e. The molecule has 4 heteroatoms. The third-order valence-electron chi connectivity index (χ3n) is 3.57. The lowest BCUT2D eigenvalue weighted by Gasteiger charge is -2.10. The van der Waals surface area contributed by atoms with Crippen molar-refractivity contribution in [2.24, 2.45) is 0 Å². The molecule has 22 heavy (non-hydrogen) atoms. The summed E-state index contributed by atoms with van der Waals surface area (Å²) in [5, 5.41) is 4.93. The van der Waals surface area contributed by atoms with Crippen molar-refractivity contribution in [1.82, 2.24) is 4.98 Å². The highest BCUT2D eigenvalue weighted by Gasteiger charge is 2.06. The molecule has 110 valence electrons. The molecule has 2 aromatic carbocycles. The van der Waals surface area contributed by atoms with E-state index < -0.39 is 0 Å². The summed E-state index contributed by atoms with van der Waals surface area (Å²) in [6.45, 7) is 1.47. The van der Waals surface area contributed by atoms with Crippen LogP contribution in [0.15, 0.2) is 54.7 Å². The minimum atomic E-state index is -0.123. The van der Waals surface area contributed by atoms with Crippen LogP contribution in [0.1, 0.15) is 18.1 Å². The number of aromatic nitrogens is 1. The number of carbonyl (C=O) groups excluding carboxylic acids is 1. The first-order valence-electron chi connectivity index (χ1n) is 7.12. The average Bonchev–Trinajstić information content (AvgIpc) is 2.50. The molecule has 0 atom stereocenters. The van der Waals surface area contributed by atoms with E-state index in [1.165, 1.54) is 12.5 Å². The number of nitrogen functional groups attached to an aromatic ring is 1. The molecular weight excluding hydrogens is 274 g/mol. The number of rotatable bonds is 3. The number of carbonyl (C=O) groups is 1. The summed E-state index contributed by atoms with van der Waals surface area (Å²) in [7, 11) is 0. The van der Waals surface area contributed by atoms with Crippen molar-refractivity contribution >= 4 is 28.2 Å². The summed E-state index contributed by atoms with van der Waals surface area (Å²) in [6, 6.07) is 16.0. The number of nitrogens with zero attached hydrogens (tertiary/aromatic N) is 1. The summed E-state index contributed by atoms with van der Waals surface area (Å²) in [4.78, 5) is 15.3. The van der Waals surface area contributed by atoms with Gasteiger partial charge < -0.3 is 11.1 Å². The van der Waals surface area contributed by atoms with Crippen LogP contribution in [0.5, 0.6) is 0 Å². The van der Waals surface area contributed by atoms with Crippen molar-refractivity contribution in [2.45, 2.75) is 13.3 Å². The Labute approximate surface area is 129 Å². The molecule has 0 spiro atoms. The van der Waals surface area contributed by atoms with Gasteiger partial charge in [-0.3, -0.25) is 4.79 Å². The quantitative estimate of drug-likeness (QED) is 0.727. The van der Waals surface area contributed by atoms with Gasteiger partial charge in [0.25, 0.3) is 0 Å². The second-order valence-corrected chi connectivity index (χ2v) is 5.27. The van der Waals surface area contributed by atoms with E-state index in [2.05, 4.69) is 22.4 Å².